The Hall–Kier alpha value is -0.600. The van der Waals surface area contributed by atoms with Gasteiger partial charge >= 0.3 is 0 Å². The molecule has 0 aliphatic carbocycles. The first kappa shape index (κ1) is 11.9. The van der Waals surface area contributed by atoms with Crippen molar-refractivity contribution in [3.63, 3.8) is 0 Å². The number of piperidine rings is 1. The van der Waals surface area contributed by atoms with Crippen LogP contribution < -0.4 is 5.32 Å². The third-order valence-corrected chi connectivity index (χ3v) is 3.98. The number of allylic oxidation sites excluding steroid dienone is 1. The van der Waals surface area contributed by atoms with Gasteiger partial charge in [0, 0.05) is 6.04 Å². The maximum Gasteiger partial charge on any atom is 0.0104 e. The molecule has 0 radical (unpaired) electrons. The van der Waals surface area contributed by atoms with E-state index in [4.69, 9.17) is 0 Å². The van der Waals surface area contributed by atoms with Crippen LogP contribution in [-0.2, 0) is 6.42 Å². The Labute approximate surface area is 103 Å². The van der Waals surface area contributed by atoms with Crippen LogP contribution in [0.25, 0.3) is 0 Å². The minimum Gasteiger partial charge on any atom is -0.314 e. The Balaban J connectivity index is 1.77. The lowest BCUT2D eigenvalue weighted by molar-refractivity contribution is 0.398. The molecule has 2 heteroatoms. The molecule has 2 rings (SSSR count). The number of hydrogen-bond donors (Lipinski definition) is 1. The van der Waals surface area contributed by atoms with E-state index in [1.807, 2.05) is 0 Å². The van der Waals surface area contributed by atoms with Crippen molar-refractivity contribution >= 4 is 11.3 Å². The lowest BCUT2D eigenvalue weighted by atomic mass is 9.98. The van der Waals surface area contributed by atoms with E-state index < -0.39 is 0 Å². The fraction of sp³-hybridized carbons (Fsp3) is 0.571. The molecular formula is C14H21NS. The van der Waals surface area contributed by atoms with Gasteiger partial charge < -0.3 is 5.32 Å². The van der Waals surface area contributed by atoms with Gasteiger partial charge in [0.2, 0.25) is 0 Å². The molecule has 88 valence electrons. The molecule has 1 aliphatic heterocycles. The van der Waals surface area contributed by atoms with Crippen molar-refractivity contribution in [2.75, 3.05) is 6.54 Å². The van der Waals surface area contributed by atoms with Crippen LogP contribution >= 0.6 is 11.3 Å². The van der Waals surface area contributed by atoms with Crippen LogP contribution in [0.3, 0.4) is 0 Å². The van der Waals surface area contributed by atoms with E-state index in [2.05, 4.69) is 35.1 Å². The molecule has 0 saturated carbocycles. The summed E-state index contributed by atoms with van der Waals surface area (Å²) in [6.07, 6.45) is 8.82. The number of hydrogen-bond acceptors (Lipinski definition) is 2. The van der Waals surface area contributed by atoms with E-state index in [1.165, 1.54) is 43.4 Å². The zero-order chi connectivity index (χ0) is 11.2. The monoisotopic (exact) mass is 235 g/mol. The highest BCUT2D eigenvalue weighted by Crippen LogP contribution is 2.16. The molecule has 0 aromatic carbocycles. The number of rotatable bonds is 4. The molecule has 1 nitrogen and oxygen atoms in total. The summed E-state index contributed by atoms with van der Waals surface area (Å²) in [6, 6.07) is 2.94. The molecule has 16 heavy (non-hydrogen) atoms. The SMILES string of the molecule is C/C(=C/Cc1ccsc1)CC1CCCCN1. The Morgan fingerprint density at radius 1 is 1.56 bits per heavy atom. The van der Waals surface area contributed by atoms with E-state index in [0.29, 0.717) is 0 Å². The maximum atomic E-state index is 3.60. The van der Waals surface area contributed by atoms with Crippen molar-refractivity contribution in [3.05, 3.63) is 34.0 Å². The fourth-order valence-electron chi connectivity index (χ4n) is 2.27. The largest absolute Gasteiger partial charge is 0.314 e. The number of thiophene rings is 1. The van der Waals surface area contributed by atoms with E-state index in [9.17, 15) is 0 Å². The molecule has 1 N–H and O–H groups in total. The topological polar surface area (TPSA) is 12.0 Å². The summed E-state index contributed by atoms with van der Waals surface area (Å²) in [5.74, 6) is 0. The van der Waals surface area contributed by atoms with E-state index in [-0.39, 0.29) is 0 Å². The summed E-state index contributed by atoms with van der Waals surface area (Å²) in [6.45, 7) is 3.48. The van der Waals surface area contributed by atoms with Crippen molar-refractivity contribution in [2.24, 2.45) is 0 Å². The lowest BCUT2D eigenvalue weighted by Crippen LogP contribution is -2.33. The second-order valence-corrected chi connectivity index (χ2v) is 5.52. The Bertz CT molecular complexity index is 321. The highest BCUT2D eigenvalue weighted by Gasteiger charge is 2.12. The molecule has 1 aromatic heterocycles. The third kappa shape index (κ3) is 3.76. The summed E-state index contributed by atoms with van der Waals surface area (Å²) in [5, 5.41) is 8.00. The summed E-state index contributed by atoms with van der Waals surface area (Å²) < 4.78 is 0. The van der Waals surface area contributed by atoms with Gasteiger partial charge in [0.1, 0.15) is 0 Å². The summed E-state index contributed by atoms with van der Waals surface area (Å²) in [5.41, 5.74) is 2.98. The number of nitrogens with one attached hydrogen (secondary N) is 1. The molecular weight excluding hydrogens is 214 g/mol. The third-order valence-electron chi connectivity index (χ3n) is 3.25. The normalized spacial score (nSPS) is 22.3. The molecule has 1 aliphatic rings. The second-order valence-electron chi connectivity index (χ2n) is 4.74. The van der Waals surface area contributed by atoms with Gasteiger partial charge in [0.25, 0.3) is 0 Å². The van der Waals surface area contributed by atoms with Crippen LogP contribution in [0.1, 0.15) is 38.2 Å². The first-order chi connectivity index (χ1) is 7.84. The van der Waals surface area contributed by atoms with Crippen LogP contribution in [0.15, 0.2) is 28.5 Å². The second kappa shape index (κ2) is 6.21. The maximum absolute atomic E-state index is 3.60. The van der Waals surface area contributed by atoms with Crippen LogP contribution in [0.2, 0.25) is 0 Å². The van der Waals surface area contributed by atoms with Gasteiger partial charge in [0.05, 0.1) is 0 Å². The molecule has 1 atom stereocenters. The fourth-order valence-corrected chi connectivity index (χ4v) is 2.95. The van der Waals surface area contributed by atoms with Gasteiger partial charge in [-0.1, -0.05) is 18.1 Å². The standard InChI is InChI=1S/C14H21NS/c1-12(5-6-13-7-9-16-11-13)10-14-4-2-3-8-15-14/h5,7,9,11,14-15H,2-4,6,8,10H2,1H3/b12-5-. The van der Waals surface area contributed by atoms with Gasteiger partial charge in [-0.05, 0) is 61.5 Å². The Morgan fingerprint density at radius 3 is 3.19 bits per heavy atom. The van der Waals surface area contributed by atoms with Gasteiger partial charge in [-0.15, -0.1) is 0 Å². The van der Waals surface area contributed by atoms with Gasteiger partial charge in [-0.3, -0.25) is 0 Å². The van der Waals surface area contributed by atoms with Gasteiger partial charge in [0.15, 0.2) is 0 Å². The van der Waals surface area contributed by atoms with Gasteiger partial charge in [-0.2, -0.15) is 11.3 Å². The van der Waals surface area contributed by atoms with Crippen LogP contribution in [-0.4, -0.2) is 12.6 Å². The molecule has 0 spiro atoms. The van der Waals surface area contributed by atoms with Gasteiger partial charge in [-0.25, -0.2) is 0 Å². The summed E-state index contributed by atoms with van der Waals surface area (Å²) in [7, 11) is 0. The van der Waals surface area contributed by atoms with Crippen molar-refractivity contribution in [1.82, 2.24) is 5.32 Å². The highest BCUT2D eigenvalue weighted by atomic mass is 32.1. The van der Waals surface area contributed by atoms with Crippen molar-refractivity contribution in [3.8, 4) is 0 Å². The van der Waals surface area contributed by atoms with Crippen molar-refractivity contribution in [1.29, 1.82) is 0 Å². The first-order valence-electron chi connectivity index (χ1n) is 6.24. The summed E-state index contributed by atoms with van der Waals surface area (Å²) in [4.78, 5) is 0. The lowest BCUT2D eigenvalue weighted by Gasteiger charge is -2.23. The average Bonchev–Trinajstić information content (AvgIpc) is 2.81. The van der Waals surface area contributed by atoms with Crippen LogP contribution in [0.5, 0.6) is 0 Å². The molecule has 2 heterocycles. The summed E-state index contributed by atoms with van der Waals surface area (Å²) >= 11 is 1.79. The van der Waals surface area contributed by atoms with E-state index in [0.717, 1.165) is 12.5 Å². The molecule has 1 unspecified atom stereocenters. The van der Waals surface area contributed by atoms with Crippen LogP contribution in [0.4, 0.5) is 0 Å². The molecule has 0 bridgehead atoms. The van der Waals surface area contributed by atoms with Crippen LogP contribution in [0, 0.1) is 0 Å². The predicted octanol–water partition coefficient (Wildman–Crippen LogP) is 3.77. The zero-order valence-electron chi connectivity index (χ0n) is 10.0. The highest BCUT2D eigenvalue weighted by molar-refractivity contribution is 7.07. The zero-order valence-corrected chi connectivity index (χ0v) is 10.9. The molecule has 1 aromatic rings. The van der Waals surface area contributed by atoms with E-state index >= 15 is 0 Å². The molecule has 1 saturated heterocycles. The Morgan fingerprint density at radius 2 is 2.50 bits per heavy atom. The minimum absolute atomic E-state index is 0.729. The predicted molar refractivity (Wildman–Crippen MR) is 72.0 cm³/mol. The minimum atomic E-state index is 0.729. The van der Waals surface area contributed by atoms with Crippen molar-refractivity contribution in [2.45, 2.75) is 45.1 Å². The molecule has 1 fully saturated rings. The smallest absolute Gasteiger partial charge is 0.0104 e. The first-order valence-corrected chi connectivity index (χ1v) is 7.19. The Kier molecular flexibility index (Phi) is 4.61. The average molecular weight is 235 g/mol. The van der Waals surface area contributed by atoms with Crippen molar-refractivity contribution < 1.29 is 0 Å². The quantitative estimate of drug-likeness (QED) is 0.783. The molecule has 0 amide bonds. The van der Waals surface area contributed by atoms with E-state index in [1.54, 1.807) is 11.3 Å².